The molecule has 0 amide bonds. The van der Waals surface area contributed by atoms with Crippen LogP contribution in [0.2, 0.25) is 0 Å². The van der Waals surface area contributed by atoms with Crippen molar-refractivity contribution in [3.63, 3.8) is 0 Å². The average Bonchev–Trinajstić information content (AvgIpc) is 2.45. The van der Waals surface area contributed by atoms with Gasteiger partial charge in [-0.15, -0.1) is 0 Å². The number of anilines is 1. The maximum Gasteiger partial charge on any atom is 0.293 e. The van der Waals surface area contributed by atoms with Gasteiger partial charge in [0.15, 0.2) is 6.29 Å². The van der Waals surface area contributed by atoms with Crippen molar-refractivity contribution in [3.8, 4) is 0 Å². The van der Waals surface area contributed by atoms with Crippen LogP contribution in [0.1, 0.15) is 15.9 Å². The Morgan fingerprint density at radius 1 is 1.47 bits per heavy atom. The highest BCUT2D eigenvalue weighted by Crippen LogP contribution is 2.24. The Morgan fingerprint density at radius 2 is 2.32 bits per heavy atom. The van der Waals surface area contributed by atoms with E-state index in [0.717, 1.165) is 17.5 Å². The first-order valence-electron chi connectivity index (χ1n) is 6.18. The normalized spacial score (nSPS) is 19.0. The van der Waals surface area contributed by atoms with Crippen molar-refractivity contribution in [1.29, 1.82) is 0 Å². The van der Waals surface area contributed by atoms with Crippen molar-refractivity contribution in [1.82, 2.24) is 0 Å². The van der Waals surface area contributed by atoms with E-state index in [1.165, 1.54) is 0 Å². The summed E-state index contributed by atoms with van der Waals surface area (Å²) in [4.78, 5) is 23.3. The van der Waals surface area contributed by atoms with Gasteiger partial charge in [-0.2, -0.15) is 0 Å². The summed E-state index contributed by atoms with van der Waals surface area (Å²) >= 11 is 0. The smallest absolute Gasteiger partial charge is 0.293 e. The fraction of sp³-hybridized carbons (Fsp3) is 0.429. The lowest BCUT2D eigenvalue weighted by atomic mass is 10.1. The van der Waals surface area contributed by atoms with Gasteiger partial charge in [0.25, 0.3) is 6.47 Å². The van der Waals surface area contributed by atoms with Crippen LogP contribution in [0.4, 0.5) is 5.69 Å². The second-order valence-electron chi connectivity index (χ2n) is 4.70. The van der Waals surface area contributed by atoms with Crippen LogP contribution in [0, 0.1) is 12.8 Å². The van der Waals surface area contributed by atoms with Crippen LogP contribution in [0.25, 0.3) is 0 Å². The lowest BCUT2D eigenvalue weighted by Gasteiger charge is -2.34. The molecule has 0 aromatic heterocycles. The predicted octanol–water partition coefficient (Wildman–Crippen LogP) is 1.39. The van der Waals surface area contributed by atoms with E-state index in [0.29, 0.717) is 38.5 Å². The minimum absolute atomic E-state index is 0.124. The molecule has 5 heteroatoms. The molecule has 1 aromatic rings. The Morgan fingerprint density at radius 3 is 3.05 bits per heavy atom. The molecule has 0 aliphatic carbocycles. The number of hydrogen-bond donors (Lipinski definition) is 0. The average molecular weight is 263 g/mol. The summed E-state index contributed by atoms with van der Waals surface area (Å²) in [5.41, 5.74) is 2.60. The number of carbonyl (C=O) groups excluding carboxylic acids is 2. The van der Waals surface area contributed by atoms with Gasteiger partial charge in [-0.3, -0.25) is 9.59 Å². The molecule has 102 valence electrons. The van der Waals surface area contributed by atoms with E-state index in [-0.39, 0.29) is 5.92 Å². The molecule has 0 N–H and O–H groups in total. The number of aryl methyl sites for hydroxylation is 1. The monoisotopic (exact) mass is 263 g/mol. The van der Waals surface area contributed by atoms with Gasteiger partial charge in [0.1, 0.15) is 6.73 Å². The second-order valence-corrected chi connectivity index (χ2v) is 4.70. The Kier molecular flexibility index (Phi) is 4.52. The quantitative estimate of drug-likeness (QED) is 0.751. The molecular weight excluding hydrogens is 246 g/mol. The van der Waals surface area contributed by atoms with Crippen LogP contribution in [0.3, 0.4) is 0 Å². The zero-order valence-corrected chi connectivity index (χ0v) is 10.9. The number of hydrogen-bond acceptors (Lipinski definition) is 5. The summed E-state index contributed by atoms with van der Waals surface area (Å²) < 4.78 is 10.3. The summed E-state index contributed by atoms with van der Waals surface area (Å²) in [6.45, 7) is 4.48. The van der Waals surface area contributed by atoms with Crippen LogP contribution in [0.15, 0.2) is 18.2 Å². The molecule has 1 fully saturated rings. The molecule has 1 saturated heterocycles. The van der Waals surface area contributed by atoms with E-state index in [1.54, 1.807) is 0 Å². The van der Waals surface area contributed by atoms with Crippen molar-refractivity contribution in [2.24, 2.45) is 5.92 Å². The van der Waals surface area contributed by atoms with Gasteiger partial charge in [0.2, 0.25) is 0 Å². The third-order valence-electron chi connectivity index (χ3n) is 3.13. The molecule has 1 heterocycles. The number of rotatable bonds is 5. The molecule has 19 heavy (non-hydrogen) atoms. The third kappa shape index (κ3) is 3.32. The largest absolute Gasteiger partial charge is 0.467 e. The van der Waals surface area contributed by atoms with E-state index >= 15 is 0 Å². The first-order valence-corrected chi connectivity index (χ1v) is 6.18. The summed E-state index contributed by atoms with van der Waals surface area (Å²) in [6.07, 6.45) is 0.848. The molecule has 0 spiro atoms. The maximum atomic E-state index is 11.1. The summed E-state index contributed by atoms with van der Waals surface area (Å²) in [5, 5.41) is 0. The Balaban J connectivity index is 2.14. The van der Waals surface area contributed by atoms with Crippen LogP contribution in [-0.4, -0.2) is 39.2 Å². The first kappa shape index (κ1) is 13.5. The molecule has 1 aliphatic heterocycles. The van der Waals surface area contributed by atoms with E-state index in [1.807, 2.05) is 30.0 Å². The van der Waals surface area contributed by atoms with Gasteiger partial charge in [0, 0.05) is 23.7 Å². The highest BCUT2D eigenvalue weighted by atomic mass is 16.5. The zero-order chi connectivity index (χ0) is 13.7. The summed E-state index contributed by atoms with van der Waals surface area (Å²) in [6, 6.07) is 5.68. The Labute approximate surface area is 112 Å². The number of benzene rings is 1. The minimum Gasteiger partial charge on any atom is -0.467 e. The van der Waals surface area contributed by atoms with E-state index in [2.05, 4.69) is 0 Å². The topological polar surface area (TPSA) is 55.8 Å². The third-order valence-corrected chi connectivity index (χ3v) is 3.13. The van der Waals surface area contributed by atoms with Crippen LogP contribution < -0.4 is 4.90 Å². The lowest BCUT2D eigenvalue weighted by molar-refractivity contribution is -0.130. The van der Waals surface area contributed by atoms with Gasteiger partial charge < -0.3 is 14.4 Å². The Hall–Kier alpha value is -1.88. The molecule has 1 unspecified atom stereocenters. The van der Waals surface area contributed by atoms with Crippen molar-refractivity contribution in [3.05, 3.63) is 29.3 Å². The molecule has 2 rings (SSSR count). The van der Waals surface area contributed by atoms with Crippen LogP contribution in [0.5, 0.6) is 0 Å². The van der Waals surface area contributed by atoms with Crippen LogP contribution >= 0.6 is 0 Å². The first-order chi connectivity index (χ1) is 9.24. The summed E-state index contributed by atoms with van der Waals surface area (Å²) in [7, 11) is 0. The van der Waals surface area contributed by atoms with Crippen molar-refractivity contribution in [2.45, 2.75) is 6.92 Å². The molecule has 1 aliphatic rings. The molecule has 0 bridgehead atoms. The van der Waals surface area contributed by atoms with Gasteiger partial charge in [-0.05, 0) is 24.6 Å². The summed E-state index contributed by atoms with van der Waals surface area (Å²) in [5.74, 6) is 0.124. The molecule has 0 radical (unpaired) electrons. The second kappa shape index (κ2) is 6.33. The molecule has 0 saturated carbocycles. The van der Waals surface area contributed by atoms with Gasteiger partial charge in [-0.1, -0.05) is 6.07 Å². The fourth-order valence-electron chi connectivity index (χ4n) is 2.22. The predicted molar refractivity (Wildman–Crippen MR) is 70.2 cm³/mol. The van der Waals surface area contributed by atoms with Gasteiger partial charge >= 0.3 is 0 Å². The number of carbonyl (C=O) groups is 2. The van der Waals surface area contributed by atoms with Crippen molar-refractivity contribution >= 4 is 18.4 Å². The zero-order valence-electron chi connectivity index (χ0n) is 10.9. The lowest BCUT2D eigenvalue weighted by Crippen LogP contribution is -2.41. The maximum absolute atomic E-state index is 11.1. The number of ether oxygens (including phenoxy) is 2. The fourth-order valence-corrected chi connectivity index (χ4v) is 2.22. The standard InChI is InChI=1S/C14H17NO4/c1-11-2-3-13(6-16)14(4-11)15-5-12(7-18-9-15)8-19-10-17/h2-4,6,10,12H,5,7-9H2,1H3. The minimum atomic E-state index is 0.124. The molecule has 1 atom stereocenters. The van der Waals surface area contributed by atoms with Gasteiger partial charge in [0.05, 0.1) is 13.2 Å². The highest BCUT2D eigenvalue weighted by Gasteiger charge is 2.22. The van der Waals surface area contributed by atoms with Crippen molar-refractivity contribution < 1.29 is 19.1 Å². The van der Waals surface area contributed by atoms with Crippen LogP contribution in [-0.2, 0) is 14.3 Å². The van der Waals surface area contributed by atoms with Gasteiger partial charge in [-0.25, -0.2) is 0 Å². The SMILES string of the molecule is Cc1ccc(C=O)c(N2COCC(COC=O)C2)c1. The van der Waals surface area contributed by atoms with E-state index in [9.17, 15) is 9.59 Å². The van der Waals surface area contributed by atoms with E-state index < -0.39 is 0 Å². The van der Waals surface area contributed by atoms with E-state index in [4.69, 9.17) is 9.47 Å². The number of aldehydes is 1. The molecule has 1 aromatic carbocycles. The molecular formula is C14H17NO4. The molecule has 5 nitrogen and oxygen atoms in total. The number of nitrogens with zero attached hydrogens (tertiary/aromatic N) is 1. The van der Waals surface area contributed by atoms with Crippen molar-refractivity contribution in [2.75, 3.05) is 31.4 Å². The highest BCUT2D eigenvalue weighted by molar-refractivity contribution is 5.84. The Bertz CT molecular complexity index is 461.